The topological polar surface area (TPSA) is 40.5 Å². The molecule has 0 amide bonds. The van der Waals surface area contributed by atoms with Crippen molar-refractivity contribution in [2.24, 2.45) is 0 Å². The molecule has 0 unspecified atom stereocenters. The summed E-state index contributed by atoms with van der Waals surface area (Å²) in [6.07, 6.45) is 0. The quantitative estimate of drug-likeness (QED) is 0.867. The average molecular weight is 249 g/mol. The third-order valence-corrected chi connectivity index (χ3v) is 2.72. The molecule has 0 atom stereocenters. The Morgan fingerprint density at radius 2 is 1.44 bits per heavy atom. The van der Waals surface area contributed by atoms with Gasteiger partial charge in [-0.05, 0) is 53.7 Å². The van der Waals surface area contributed by atoms with E-state index in [1.165, 1.54) is 0 Å². The smallest absolute Gasteiger partial charge is 0.337 e. The molecule has 18 heavy (non-hydrogen) atoms. The van der Waals surface area contributed by atoms with E-state index >= 15 is 0 Å². The number of hydrogen-bond acceptors (Lipinski definition) is 2. The van der Waals surface area contributed by atoms with Crippen LogP contribution >= 0.6 is 0 Å². The van der Waals surface area contributed by atoms with Crippen LogP contribution in [0.1, 0.15) is 51.9 Å². The molecular formula is C15H23NO2. The molecule has 0 radical (unpaired) electrons. The van der Waals surface area contributed by atoms with Crippen molar-refractivity contribution in [1.82, 2.24) is 0 Å². The standard InChI is InChI=1S/C15H23NO2/c1-14(2,3)16(15(4,5)6)12-10-8-7-9-11(12)13(17)18/h7-10H,1-6H3,(H,17,18). The number of hydrogen-bond donors (Lipinski definition) is 1. The van der Waals surface area contributed by atoms with Crippen molar-refractivity contribution in [2.45, 2.75) is 52.6 Å². The lowest BCUT2D eigenvalue weighted by Gasteiger charge is -2.47. The number of carbonyl (C=O) groups is 1. The number of carboxylic acid groups (broad SMARTS) is 1. The van der Waals surface area contributed by atoms with Crippen molar-refractivity contribution < 1.29 is 9.90 Å². The van der Waals surface area contributed by atoms with Crippen LogP contribution in [0.5, 0.6) is 0 Å². The Labute approximate surface area is 109 Å². The van der Waals surface area contributed by atoms with E-state index in [4.69, 9.17) is 0 Å². The molecule has 100 valence electrons. The van der Waals surface area contributed by atoms with Crippen LogP contribution in [-0.2, 0) is 0 Å². The van der Waals surface area contributed by atoms with Gasteiger partial charge >= 0.3 is 5.97 Å². The van der Waals surface area contributed by atoms with E-state index in [0.717, 1.165) is 5.69 Å². The summed E-state index contributed by atoms with van der Waals surface area (Å²) in [5.74, 6) is -0.885. The van der Waals surface area contributed by atoms with Gasteiger partial charge in [0.1, 0.15) is 0 Å². The predicted molar refractivity (Wildman–Crippen MR) is 75.4 cm³/mol. The van der Waals surface area contributed by atoms with Gasteiger partial charge < -0.3 is 10.0 Å². The van der Waals surface area contributed by atoms with Crippen LogP contribution in [0.3, 0.4) is 0 Å². The average Bonchev–Trinajstić information content (AvgIpc) is 2.13. The third-order valence-electron chi connectivity index (χ3n) is 2.72. The molecular weight excluding hydrogens is 226 g/mol. The van der Waals surface area contributed by atoms with Crippen molar-refractivity contribution in [3.63, 3.8) is 0 Å². The molecule has 1 rings (SSSR count). The molecule has 1 N–H and O–H groups in total. The van der Waals surface area contributed by atoms with Gasteiger partial charge in [0, 0.05) is 11.1 Å². The van der Waals surface area contributed by atoms with Gasteiger partial charge in [-0.15, -0.1) is 0 Å². The highest BCUT2D eigenvalue weighted by atomic mass is 16.4. The fourth-order valence-corrected chi connectivity index (χ4v) is 2.58. The van der Waals surface area contributed by atoms with Gasteiger partial charge in [-0.25, -0.2) is 4.79 Å². The van der Waals surface area contributed by atoms with E-state index in [1.807, 2.05) is 12.1 Å². The summed E-state index contributed by atoms with van der Waals surface area (Å²) >= 11 is 0. The molecule has 0 aromatic heterocycles. The number of nitrogens with zero attached hydrogens (tertiary/aromatic N) is 1. The van der Waals surface area contributed by atoms with Crippen molar-refractivity contribution in [1.29, 1.82) is 0 Å². The maximum Gasteiger partial charge on any atom is 0.337 e. The molecule has 0 aliphatic carbocycles. The molecule has 0 fully saturated rings. The molecule has 0 aliphatic rings. The zero-order valence-electron chi connectivity index (χ0n) is 12.1. The summed E-state index contributed by atoms with van der Waals surface area (Å²) in [5, 5.41) is 9.32. The van der Waals surface area contributed by atoms with Gasteiger partial charge in [0.15, 0.2) is 0 Å². The lowest BCUT2D eigenvalue weighted by atomic mass is 9.93. The summed E-state index contributed by atoms with van der Waals surface area (Å²) < 4.78 is 0. The first-order chi connectivity index (χ1) is 8.05. The van der Waals surface area contributed by atoms with E-state index in [1.54, 1.807) is 12.1 Å². The van der Waals surface area contributed by atoms with Gasteiger partial charge in [-0.2, -0.15) is 0 Å². The lowest BCUT2D eigenvalue weighted by molar-refractivity contribution is 0.0697. The first-order valence-corrected chi connectivity index (χ1v) is 6.18. The van der Waals surface area contributed by atoms with Gasteiger partial charge in [0.25, 0.3) is 0 Å². The summed E-state index contributed by atoms with van der Waals surface area (Å²) in [4.78, 5) is 13.5. The van der Waals surface area contributed by atoms with E-state index in [0.29, 0.717) is 5.56 Å². The van der Waals surface area contributed by atoms with Crippen LogP contribution < -0.4 is 4.90 Å². The number of rotatable bonds is 2. The Hall–Kier alpha value is -1.51. The summed E-state index contributed by atoms with van der Waals surface area (Å²) in [7, 11) is 0. The summed E-state index contributed by atoms with van der Waals surface area (Å²) in [6.45, 7) is 12.6. The Bertz CT molecular complexity index is 425. The SMILES string of the molecule is CC(C)(C)N(c1ccccc1C(=O)O)C(C)(C)C. The van der Waals surface area contributed by atoms with Gasteiger partial charge in [-0.1, -0.05) is 12.1 Å². The zero-order chi connectivity index (χ0) is 14.1. The molecule has 0 heterocycles. The second-order valence-corrected chi connectivity index (χ2v) is 6.50. The van der Waals surface area contributed by atoms with E-state index in [2.05, 4.69) is 46.4 Å². The molecule has 0 aliphatic heterocycles. The second kappa shape index (κ2) is 4.63. The second-order valence-electron chi connectivity index (χ2n) is 6.50. The van der Waals surface area contributed by atoms with Crippen LogP contribution in [0.2, 0.25) is 0 Å². The van der Waals surface area contributed by atoms with E-state index in [9.17, 15) is 9.90 Å². The lowest BCUT2D eigenvalue weighted by Crippen LogP contribution is -2.53. The Morgan fingerprint density at radius 3 is 1.83 bits per heavy atom. The van der Waals surface area contributed by atoms with Crippen molar-refractivity contribution in [3.05, 3.63) is 29.8 Å². The number of carboxylic acids is 1. The minimum Gasteiger partial charge on any atom is -0.478 e. The molecule has 1 aromatic rings. The van der Waals surface area contributed by atoms with Gasteiger partial charge in [-0.3, -0.25) is 0 Å². The normalized spacial score (nSPS) is 12.3. The number of para-hydroxylation sites is 1. The van der Waals surface area contributed by atoms with Crippen LogP contribution in [0.15, 0.2) is 24.3 Å². The molecule has 0 saturated heterocycles. The molecule has 3 nitrogen and oxygen atoms in total. The first-order valence-electron chi connectivity index (χ1n) is 6.18. The largest absolute Gasteiger partial charge is 0.478 e. The molecule has 3 heteroatoms. The van der Waals surface area contributed by atoms with Crippen LogP contribution in [0.25, 0.3) is 0 Å². The predicted octanol–water partition coefficient (Wildman–Crippen LogP) is 3.79. The van der Waals surface area contributed by atoms with E-state index in [-0.39, 0.29) is 11.1 Å². The first kappa shape index (κ1) is 14.6. The van der Waals surface area contributed by atoms with Crippen molar-refractivity contribution in [3.8, 4) is 0 Å². The van der Waals surface area contributed by atoms with Gasteiger partial charge in [0.05, 0.1) is 11.3 Å². The van der Waals surface area contributed by atoms with Crippen LogP contribution in [-0.4, -0.2) is 22.2 Å². The summed E-state index contributed by atoms with van der Waals surface area (Å²) in [5.41, 5.74) is 0.820. The van der Waals surface area contributed by atoms with E-state index < -0.39 is 5.97 Å². The number of benzene rings is 1. The molecule has 0 saturated carbocycles. The maximum absolute atomic E-state index is 11.4. The molecule has 0 bridgehead atoms. The van der Waals surface area contributed by atoms with Crippen LogP contribution in [0.4, 0.5) is 5.69 Å². The van der Waals surface area contributed by atoms with Crippen molar-refractivity contribution in [2.75, 3.05) is 4.90 Å². The third kappa shape index (κ3) is 3.03. The highest BCUT2D eigenvalue weighted by Gasteiger charge is 2.33. The van der Waals surface area contributed by atoms with Crippen molar-refractivity contribution >= 4 is 11.7 Å². The highest BCUT2D eigenvalue weighted by molar-refractivity contribution is 5.94. The molecule has 1 aromatic carbocycles. The minimum atomic E-state index is -0.885. The van der Waals surface area contributed by atoms with Gasteiger partial charge in [0.2, 0.25) is 0 Å². The minimum absolute atomic E-state index is 0.149. The van der Waals surface area contributed by atoms with Crippen LogP contribution in [0, 0.1) is 0 Å². The Morgan fingerprint density at radius 1 is 1.00 bits per heavy atom. The summed E-state index contributed by atoms with van der Waals surface area (Å²) in [6, 6.07) is 7.17. The maximum atomic E-state index is 11.4. The fraction of sp³-hybridized carbons (Fsp3) is 0.533. The number of anilines is 1. The Kier molecular flexibility index (Phi) is 3.75. The fourth-order valence-electron chi connectivity index (χ4n) is 2.58. The highest BCUT2D eigenvalue weighted by Crippen LogP contribution is 2.34. The number of aromatic carboxylic acids is 1. The Balaban J connectivity index is 3.45. The molecule has 0 spiro atoms. The monoisotopic (exact) mass is 249 g/mol. The zero-order valence-corrected chi connectivity index (χ0v) is 12.1.